The highest BCUT2D eigenvalue weighted by Gasteiger charge is 2.33. The summed E-state index contributed by atoms with van der Waals surface area (Å²) in [5, 5.41) is 9.05. The van der Waals surface area contributed by atoms with E-state index in [-0.39, 0.29) is 22.9 Å². The largest absolute Gasteiger partial charge is 0.573 e. The van der Waals surface area contributed by atoms with Crippen molar-refractivity contribution in [1.82, 2.24) is 4.98 Å². The van der Waals surface area contributed by atoms with E-state index >= 15 is 0 Å². The number of methoxy groups -OCH3 is 1. The highest BCUT2D eigenvalue weighted by molar-refractivity contribution is 6.17. The van der Waals surface area contributed by atoms with Crippen LogP contribution in [0.5, 0.6) is 11.5 Å². The number of halogens is 4. The molecule has 0 unspecified atom stereocenters. The topological polar surface area (TPSA) is 51.6 Å². The second-order valence-corrected chi connectivity index (χ2v) is 3.19. The van der Waals surface area contributed by atoms with Gasteiger partial charge in [0.1, 0.15) is 0 Å². The molecular weight excluding hydrogens is 263 g/mol. The van der Waals surface area contributed by atoms with Crippen LogP contribution in [0.15, 0.2) is 6.20 Å². The molecule has 0 aliphatic rings. The zero-order valence-corrected chi connectivity index (χ0v) is 9.47. The summed E-state index contributed by atoms with van der Waals surface area (Å²) >= 11 is 5.54. The van der Waals surface area contributed by atoms with Crippen molar-refractivity contribution in [2.45, 2.75) is 18.8 Å². The maximum atomic E-state index is 12.1. The molecule has 0 atom stereocenters. The Morgan fingerprint density at radius 3 is 2.53 bits per heavy atom. The zero-order valence-electron chi connectivity index (χ0n) is 8.71. The lowest BCUT2D eigenvalue weighted by Crippen LogP contribution is -2.19. The first-order valence-electron chi connectivity index (χ1n) is 4.40. The first kappa shape index (κ1) is 13.9. The van der Waals surface area contributed by atoms with E-state index in [0.29, 0.717) is 0 Å². The Balaban J connectivity index is 3.23. The van der Waals surface area contributed by atoms with Crippen molar-refractivity contribution >= 4 is 11.6 Å². The molecule has 0 aromatic carbocycles. The summed E-state index contributed by atoms with van der Waals surface area (Å²) < 4.78 is 44.8. The predicted octanol–water partition coefficient (Wildman–Crippen LogP) is 2.22. The molecular formula is C9H9ClF3NO3. The van der Waals surface area contributed by atoms with Gasteiger partial charge in [-0.2, -0.15) is 0 Å². The summed E-state index contributed by atoms with van der Waals surface area (Å²) in [6, 6.07) is 0. The third-order valence-electron chi connectivity index (χ3n) is 1.89. The van der Waals surface area contributed by atoms with E-state index < -0.39 is 18.7 Å². The number of pyridine rings is 1. The second kappa shape index (κ2) is 5.42. The van der Waals surface area contributed by atoms with Gasteiger partial charge in [-0.15, -0.1) is 24.8 Å². The second-order valence-electron chi connectivity index (χ2n) is 2.92. The lowest BCUT2D eigenvalue weighted by molar-refractivity contribution is -0.275. The van der Waals surface area contributed by atoms with Crippen LogP contribution in [0, 0.1) is 0 Å². The molecule has 0 amide bonds. The Hall–Kier alpha value is -1.21. The summed E-state index contributed by atoms with van der Waals surface area (Å²) in [7, 11) is 1.24. The molecule has 0 radical (unpaired) electrons. The van der Waals surface area contributed by atoms with Crippen molar-refractivity contribution in [3.05, 3.63) is 17.5 Å². The van der Waals surface area contributed by atoms with Crippen LogP contribution >= 0.6 is 11.6 Å². The smallest absolute Gasteiger partial charge is 0.494 e. The van der Waals surface area contributed by atoms with E-state index in [1.54, 1.807) is 0 Å². The van der Waals surface area contributed by atoms with E-state index in [4.69, 9.17) is 21.4 Å². The number of alkyl halides is 4. The minimum absolute atomic E-state index is 0.00995. The number of hydrogen-bond donors (Lipinski definition) is 1. The number of aromatic nitrogens is 1. The van der Waals surface area contributed by atoms with Crippen molar-refractivity contribution in [2.75, 3.05) is 7.11 Å². The van der Waals surface area contributed by atoms with Gasteiger partial charge >= 0.3 is 6.36 Å². The summed E-state index contributed by atoms with van der Waals surface area (Å²) in [5.74, 6) is -0.669. The molecule has 4 nitrogen and oxygen atoms in total. The molecule has 1 aromatic heterocycles. The molecule has 1 heterocycles. The van der Waals surface area contributed by atoms with Gasteiger partial charge in [-0.1, -0.05) is 0 Å². The lowest BCUT2D eigenvalue weighted by Gasteiger charge is -2.16. The molecule has 0 spiro atoms. The Labute approximate surface area is 99.9 Å². The van der Waals surface area contributed by atoms with E-state index in [2.05, 4.69) is 9.72 Å². The van der Waals surface area contributed by atoms with Gasteiger partial charge in [0.15, 0.2) is 11.5 Å². The third-order valence-corrected chi connectivity index (χ3v) is 2.14. The molecule has 8 heteroatoms. The highest BCUT2D eigenvalue weighted by Crippen LogP contribution is 2.34. The molecule has 0 bridgehead atoms. The number of hydrogen-bond acceptors (Lipinski definition) is 4. The van der Waals surface area contributed by atoms with E-state index in [1.165, 1.54) is 7.11 Å². The number of aliphatic hydroxyl groups is 1. The van der Waals surface area contributed by atoms with Crippen molar-refractivity contribution in [2.24, 2.45) is 0 Å². The molecule has 1 N–H and O–H groups in total. The fourth-order valence-corrected chi connectivity index (χ4v) is 1.45. The monoisotopic (exact) mass is 271 g/mol. The Bertz CT molecular complexity index is 398. The average Bonchev–Trinajstić information content (AvgIpc) is 2.26. The number of ether oxygens (including phenoxy) is 2. The van der Waals surface area contributed by atoms with Gasteiger partial charge in [-0.25, -0.2) is 0 Å². The normalized spacial score (nSPS) is 11.4. The molecule has 1 aromatic rings. The first-order chi connectivity index (χ1) is 7.92. The van der Waals surface area contributed by atoms with Crippen molar-refractivity contribution < 1.29 is 27.8 Å². The van der Waals surface area contributed by atoms with Crippen molar-refractivity contribution in [3.63, 3.8) is 0 Å². The van der Waals surface area contributed by atoms with Crippen LogP contribution < -0.4 is 9.47 Å². The Morgan fingerprint density at radius 2 is 2.12 bits per heavy atom. The van der Waals surface area contributed by atoms with Crippen LogP contribution in [0.3, 0.4) is 0 Å². The van der Waals surface area contributed by atoms with Crippen LogP contribution in [0.25, 0.3) is 0 Å². The zero-order chi connectivity index (χ0) is 13.1. The van der Waals surface area contributed by atoms with Crippen LogP contribution in [0.4, 0.5) is 13.2 Å². The minimum Gasteiger partial charge on any atom is -0.494 e. The Morgan fingerprint density at radius 1 is 1.47 bits per heavy atom. The third kappa shape index (κ3) is 3.37. The van der Waals surface area contributed by atoms with Crippen molar-refractivity contribution in [1.29, 1.82) is 0 Å². The van der Waals surface area contributed by atoms with Gasteiger partial charge in [-0.05, 0) is 0 Å². The fraction of sp³-hybridized carbons (Fsp3) is 0.444. The summed E-state index contributed by atoms with van der Waals surface area (Å²) in [6.45, 7) is -0.680. The van der Waals surface area contributed by atoms with Crippen LogP contribution in [0.1, 0.15) is 11.3 Å². The van der Waals surface area contributed by atoms with Crippen LogP contribution in [-0.4, -0.2) is 23.6 Å². The highest BCUT2D eigenvalue weighted by atomic mass is 35.5. The van der Waals surface area contributed by atoms with Gasteiger partial charge < -0.3 is 14.6 Å². The minimum atomic E-state index is -4.86. The number of aliphatic hydroxyl groups excluding tert-OH is 1. The number of nitrogens with zero attached hydrogens (tertiary/aromatic N) is 1. The molecule has 96 valence electrons. The van der Waals surface area contributed by atoms with Crippen molar-refractivity contribution in [3.8, 4) is 11.5 Å². The molecule has 17 heavy (non-hydrogen) atoms. The molecule has 0 saturated carbocycles. The maximum Gasteiger partial charge on any atom is 0.573 e. The van der Waals surface area contributed by atoms with Gasteiger partial charge in [0.25, 0.3) is 0 Å². The number of rotatable bonds is 4. The predicted molar refractivity (Wildman–Crippen MR) is 53.0 cm³/mol. The fourth-order valence-electron chi connectivity index (χ4n) is 1.26. The SMILES string of the molecule is COc1c(CCl)ncc(OC(F)(F)F)c1CO. The standard InChI is InChI=1S/C9H9ClF3NO3/c1-16-8-5(4-15)7(17-9(11,12)13)3-14-6(8)2-10/h3,15H,2,4H2,1H3. The molecule has 0 aliphatic carbocycles. The van der Waals surface area contributed by atoms with Gasteiger partial charge in [0.2, 0.25) is 0 Å². The Kier molecular flexibility index (Phi) is 4.41. The molecule has 0 aliphatic heterocycles. The van der Waals surface area contributed by atoms with E-state index in [1.807, 2.05) is 0 Å². The summed E-state index contributed by atoms with van der Waals surface area (Å²) in [5.41, 5.74) is 0.0863. The van der Waals surface area contributed by atoms with Crippen LogP contribution in [-0.2, 0) is 12.5 Å². The quantitative estimate of drug-likeness (QED) is 0.853. The molecule has 1 rings (SSSR count). The van der Waals surface area contributed by atoms with E-state index in [0.717, 1.165) is 6.20 Å². The van der Waals surface area contributed by atoms with Crippen LogP contribution in [0.2, 0.25) is 0 Å². The summed E-state index contributed by atoms with van der Waals surface area (Å²) in [4.78, 5) is 3.67. The maximum absolute atomic E-state index is 12.1. The first-order valence-corrected chi connectivity index (χ1v) is 4.93. The van der Waals surface area contributed by atoms with E-state index in [9.17, 15) is 13.2 Å². The average molecular weight is 272 g/mol. The lowest BCUT2D eigenvalue weighted by atomic mass is 10.2. The van der Waals surface area contributed by atoms with Gasteiger partial charge in [0.05, 0.1) is 37.1 Å². The summed E-state index contributed by atoms with van der Waals surface area (Å²) in [6.07, 6.45) is -4.02. The molecule has 0 saturated heterocycles. The van der Waals surface area contributed by atoms with Gasteiger partial charge in [-0.3, -0.25) is 4.98 Å². The van der Waals surface area contributed by atoms with Gasteiger partial charge in [0, 0.05) is 0 Å². The molecule has 0 fully saturated rings.